The second kappa shape index (κ2) is 6.74. The highest BCUT2D eigenvalue weighted by Crippen LogP contribution is 2.21. The Bertz CT molecular complexity index is 880. The molecule has 4 N–H and O–H groups in total. The van der Waals surface area contributed by atoms with Gasteiger partial charge in [0.05, 0.1) is 11.3 Å². The molecule has 7 heteroatoms. The van der Waals surface area contributed by atoms with E-state index >= 15 is 0 Å². The Morgan fingerprint density at radius 2 is 1.71 bits per heavy atom. The maximum Gasteiger partial charge on any atom is 0.250 e. The monoisotopic (exact) mass is 320 g/mol. The third-order valence-electron chi connectivity index (χ3n) is 3.27. The van der Waals surface area contributed by atoms with E-state index in [0.29, 0.717) is 28.7 Å². The zero-order valence-corrected chi connectivity index (χ0v) is 13.0. The number of hydrogen-bond acceptors (Lipinski definition) is 6. The first-order chi connectivity index (χ1) is 11.6. The summed E-state index contributed by atoms with van der Waals surface area (Å²) in [6, 6.07) is 14.4. The van der Waals surface area contributed by atoms with Crippen LogP contribution in [0.4, 0.5) is 23.1 Å². The highest BCUT2D eigenvalue weighted by atomic mass is 16.1. The molecule has 0 atom stereocenters. The summed E-state index contributed by atoms with van der Waals surface area (Å²) in [6.45, 7) is 1.92. The van der Waals surface area contributed by atoms with Gasteiger partial charge in [-0.2, -0.15) is 0 Å². The minimum absolute atomic E-state index is 0.394. The zero-order chi connectivity index (χ0) is 16.9. The average molecular weight is 320 g/mol. The van der Waals surface area contributed by atoms with Crippen LogP contribution in [0.15, 0.2) is 54.9 Å². The van der Waals surface area contributed by atoms with Gasteiger partial charge in [0, 0.05) is 11.8 Å². The molecule has 0 bridgehead atoms. The van der Waals surface area contributed by atoms with Gasteiger partial charge in [0.15, 0.2) is 0 Å². The number of hydrogen-bond donors (Lipinski definition) is 3. The summed E-state index contributed by atoms with van der Waals surface area (Å²) >= 11 is 0. The number of amides is 1. The second-order valence-corrected chi connectivity index (χ2v) is 5.11. The standard InChI is InChI=1S/C17H16N6O/c1-11-5-4-8-14(21-11)23-16-9-15(19-10-20-16)22-13-7-3-2-6-12(13)17(18)24/h2-10H,1H3,(H2,18,24)(H2,19,20,21,22,23). The lowest BCUT2D eigenvalue weighted by molar-refractivity contribution is 0.100. The lowest BCUT2D eigenvalue weighted by Crippen LogP contribution is -2.13. The first-order valence-electron chi connectivity index (χ1n) is 7.30. The van der Waals surface area contributed by atoms with Gasteiger partial charge in [0.2, 0.25) is 0 Å². The molecule has 24 heavy (non-hydrogen) atoms. The van der Waals surface area contributed by atoms with Crippen molar-refractivity contribution in [3.05, 3.63) is 66.1 Å². The molecular weight excluding hydrogens is 304 g/mol. The van der Waals surface area contributed by atoms with Gasteiger partial charge >= 0.3 is 0 Å². The Kier molecular flexibility index (Phi) is 4.33. The number of primary amides is 1. The van der Waals surface area contributed by atoms with Crippen molar-refractivity contribution in [2.75, 3.05) is 10.6 Å². The van der Waals surface area contributed by atoms with Crippen molar-refractivity contribution in [1.29, 1.82) is 0 Å². The van der Waals surface area contributed by atoms with Crippen molar-refractivity contribution in [3.8, 4) is 0 Å². The molecule has 0 spiro atoms. The fraction of sp³-hybridized carbons (Fsp3) is 0.0588. The van der Waals surface area contributed by atoms with E-state index in [4.69, 9.17) is 5.73 Å². The topological polar surface area (TPSA) is 106 Å². The molecule has 0 unspecified atom stereocenters. The molecule has 1 amide bonds. The van der Waals surface area contributed by atoms with Gasteiger partial charge in [0.1, 0.15) is 23.8 Å². The third-order valence-corrected chi connectivity index (χ3v) is 3.27. The molecule has 7 nitrogen and oxygen atoms in total. The van der Waals surface area contributed by atoms with Crippen molar-refractivity contribution in [2.45, 2.75) is 6.92 Å². The fourth-order valence-corrected chi connectivity index (χ4v) is 2.18. The van der Waals surface area contributed by atoms with Crippen molar-refractivity contribution >= 4 is 29.0 Å². The van der Waals surface area contributed by atoms with Crippen LogP contribution in [-0.2, 0) is 0 Å². The predicted octanol–water partition coefficient (Wildman–Crippen LogP) is 2.77. The quantitative estimate of drug-likeness (QED) is 0.667. The summed E-state index contributed by atoms with van der Waals surface area (Å²) in [5.74, 6) is 1.31. The molecule has 0 aliphatic rings. The largest absolute Gasteiger partial charge is 0.366 e. The number of aromatic nitrogens is 3. The molecule has 0 fully saturated rings. The fourth-order valence-electron chi connectivity index (χ4n) is 2.18. The molecule has 2 heterocycles. The number of nitrogens with one attached hydrogen (secondary N) is 2. The summed E-state index contributed by atoms with van der Waals surface area (Å²) in [4.78, 5) is 24.2. The number of pyridine rings is 1. The van der Waals surface area contributed by atoms with Crippen LogP contribution in [0.1, 0.15) is 16.1 Å². The average Bonchev–Trinajstić information content (AvgIpc) is 2.55. The van der Waals surface area contributed by atoms with Crippen LogP contribution in [0.2, 0.25) is 0 Å². The molecular formula is C17H16N6O. The molecule has 1 aromatic carbocycles. The molecule has 3 aromatic rings. The number of para-hydroxylation sites is 1. The van der Waals surface area contributed by atoms with E-state index in [1.54, 1.807) is 24.3 Å². The van der Waals surface area contributed by atoms with E-state index in [2.05, 4.69) is 25.6 Å². The van der Waals surface area contributed by atoms with Gasteiger partial charge in [-0.05, 0) is 31.2 Å². The van der Waals surface area contributed by atoms with E-state index < -0.39 is 5.91 Å². The van der Waals surface area contributed by atoms with Crippen LogP contribution in [0.25, 0.3) is 0 Å². The van der Waals surface area contributed by atoms with Crippen molar-refractivity contribution in [2.24, 2.45) is 5.73 Å². The van der Waals surface area contributed by atoms with Crippen LogP contribution in [0, 0.1) is 6.92 Å². The van der Waals surface area contributed by atoms with Gasteiger partial charge in [-0.1, -0.05) is 18.2 Å². The van der Waals surface area contributed by atoms with Crippen molar-refractivity contribution < 1.29 is 4.79 Å². The van der Waals surface area contributed by atoms with E-state index in [-0.39, 0.29) is 0 Å². The summed E-state index contributed by atoms with van der Waals surface area (Å²) in [5.41, 5.74) is 7.27. The van der Waals surface area contributed by atoms with Crippen molar-refractivity contribution in [3.63, 3.8) is 0 Å². The van der Waals surface area contributed by atoms with Gasteiger partial charge in [-0.3, -0.25) is 4.79 Å². The number of rotatable bonds is 5. The van der Waals surface area contributed by atoms with E-state index in [0.717, 1.165) is 5.69 Å². The minimum Gasteiger partial charge on any atom is -0.366 e. The highest BCUT2D eigenvalue weighted by Gasteiger charge is 2.08. The number of anilines is 4. The highest BCUT2D eigenvalue weighted by molar-refractivity contribution is 5.99. The molecule has 2 aromatic heterocycles. The smallest absolute Gasteiger partial charge is 0.250 e. The van der Waals surface area contributed by atoms with Crippen LogP contribution in [0.5, 0.6) is 0 Å². The molecule has 0 aliphatic heterocycles. The molecule has 3 rings (SSSR count). The Balaban J connectivity index is 1.82. The first kappa shape index (κ1) is 15.4. The number of carbonyl (C=O) groups is 1. The number of nitrogens with two attached hydrogens (primary N) is 1. The lowest BCUT2D eigenvalue weighted by atomic mass is 10.1. The number of benzene rings is 1. The minimum atomic E-state index is -0.505. The van der Waals surface area contributed by atoms with Gasteiger partial charge in [-0.15, -0.1) is 0 Å². The molecule has 0 saturated heterocycles. The van der Waals surface area contributed by atoms with Crippen LogP contribution in [0.3, 0.4) is 0 Å². The summed E-state index contributed by atoms with van der Waals surface area (Å²) < 4.78 is 0. The molecule has 0 aliphatic carbocycles. The molecule has 120 valence electrons. The van der Waals surface area contributed by atoms with E-state index in [1.165, 1.54) is 6.33 Å². The summed E-state index contributed by atoms with van der Waals surface area (Å²) in [5, 5.41) is 6.19. The Morgan fingerprint density at radius 3 is 2.46 bits per heavy atom. The predicted molar refractivity (Wildman–Crippen MR) is 92.5 cm³/mol. The maximum atomic E-state index is 11.5. The summed E-state index contributed by atoms with van der Waals surface area (Å²) in [6.07, 6.45) is 1.42. The zero-order valence-electron chi connectivity index (χ0n) is 13.0. The summed E-state index contributed by atoms with van der Waals surface area (Å²) in [7, 11) is 0. The molecule has 0 saturated carbocycles. The SMILES string of the molecule is Cc1cccc(Nc2cc(Nc3ccccc3C(N)=O)ncn2)n1. The van der Waals surface area contributed by atoms with Gasteiger partial charge in [-0.25, -0.2) is 15.0 Å². The molecule has 0 radical (unpaired) electrons. The lowest BCUT2D eigenvalue weighted by Gasteiger charge is -2.10. The van der Waals surface area contributed by atoms with Crippen molar-refractivity contribution in [1.82, 2.24) is 15.0 Å². The van der Waals surface area contributed by atoms with Crippen LogP contribution < -0.4 is 16.4 Å². The Hall–Kier alpha value is -3.48. The van der Waals surface area contributed by atoms with E-state index in [1.807, 2.05) is 31.2 Å². The number of aryl methyl sites for hydroxylation is 1. The Morgan fingerprint density at radius 1 is 0.958 bits per heavy atom. The Labute approximate surface area is 139 Å². The van der Waals surface area contributed by atoms with Gasteiger partial charge in [0.25, 0.3) is 5.91 Å². The number of nitrogens with zero attached hydrogens (tertiary/aromatic N) is 3. The second-order valence-electron chi connectivity index (χ2n) is 5.11. The maximum absolute atomic E-state index is 11.5. The first-order valence-corrected chi connectivity index (χ1v) is 7.30. The number of carbonyl (C=O) groups excluding carboxylic acids is 1. The van der Waals surface area contributed by atoms with E-state index in [9.17, 15) is 4.79 Å². The third kappa shape index (κ3) is 3.64. The normalized spacial score (nSPS) is 10.2. The van der Waals surface area contributed by atoms with Gasteiger partial charge < -0.3 is 16.4 Å². The van der Waals surface area contributed by atoms with Crippen LogP contribution in [-0.4, -0.2) is 20.9 Å². The van der Waals surface area contributed by atoms with Crippen LogP contribution >= 0.6 is 0 Å².